The smallest absolute Gasteiger partial charge is 0.203 e. The molecule has 0 N–H and O–H groups in total. The molecule has 0 saturated carbocycles. The average Bonchev–Trinajstić information content (AvgIpc) is 2.45. The van der Waals surface area contributed by atoms with Gasteiger partial charge in [0.15, 0.2) is 5.58 Å². The third-order valence-electron chi connectivity index (χ3n) is 2.43. The van der Waals surface area contributed by atoms with Crippen molar-refractivity contribution in [3.05, 3.63) is 27.5 Å². The van der Waals surface area contributed by atoms with Gasteiger partial charge in [0.25, 0.3) is 0 Å². The van der Waals surface area contributed by atoms with E-state index in [4.69, 9.17) is 20.8 Å². The molecule has 78 valence electrons. The second-order valence-corrected chi connectivity index (χ2v) is 4.78. The zero-order valence-corrected chi connectivity index (χ0v) is 10.0. The SMILES string of the molecule is Clc1cc2nc(C3COC3)oc2cc1Br. The second kappa shape index (κ2) is 3.47. The van der Waals surface area contributed by atoms with Crippen LogP contribution < -0.4 is 0 Å². The Morgan fingerprint density at radius 3 is 2.87 bits per heavy atom. The largest absolute Gasteiger partial charge is 0.440 e. The summed E-state index contributed by atoms with van der Waals surface area (Å²) < 4.78 is 11.5. The summed E-state index contributed by atoms with van der Waals surface area (Å²) in [5, 5.41) is 0.646. The number of hydrogen-bond acceptors (Lipinski definition) is 3. The first-order valence-corrected chi connectivity index (χ1v) is 5.74. The van der Waals surface area contributed by atoms with Crippen LogP contribution in [0.15, 0.2) is 21.0 Å². The molecule has 15 heavy (non-hydrogen) atoms. The Morgan fingerprint density at radius 1 is 1.40 bits per heavy atom. The van der Waals surface area contributed by atoms with Crippen LogP contribution in [0.4, 0.5) is 0 Å². The second-order valence-electron chi connectivity index (χ2n) is 3.52. The Bertz CT molecular complexity index is 482. The fourth-order valence-electron chi connectivity index (χ4n) is 1.49. The van der Waals surface area contributed by atoms with Crippen molar-refractivity contribution in [1.82, 2.24) is 4.98 Å². The van der Waals surface area contributed by atoms with E-state index in [1.165, 1.54) is 0 Å². The highest BCUT2D eigenvalue weighted by Gasteiger charge is 2.26. The molecule has 1 saturated heterocycles. The average molecular weight is 289 g/mol. The van der Waals surface area contributed by atoms with Crippen LogP contribution in [0.1, 0.15) is 11.8 Å². The molecule has 2 heterocycles. The van der Waals surface area contributed by atoms with Gasteiger partial charge < -0.3 is 9.15 Å². The third-order valence-corrected chi connectivity index (χ3v) is 3.63. The summed E-state index contributed by atoms with van der Waals surface area (Å²) in [4.78, 5) is 4.38. The maximum atomic E-state index is 5.97. The van der Waals surface area contributed by atoms with Crippen LogP contribution in [0, 0.1) is 0 Å². The minimum Gasteiger partial charge on any atom is -0.440 e. The Balaban J connectivity index is 2.12. The fourth-order valence-corrected chi connectivity index (χ4v) is 1.97. The maximum Gasteiger partial charge on any atom is 0.203 e. The normalized spacial score (nSPS) is 16.9. The number of nitrogens with zero attached hydrogens (tertiary/aromatic N) is 1. The topological polar surface area (TPSA) is 35.3 Å². The lowest BCUT2D eigenvalue weighted by Crippen LogP contribution is -2.25. The van der Waals surface area contributed by atoms with Gasteiger partial charge in [0, 0.05) is 4.47 Å². The summed E-state index contributed by atoms with van der Waals surface area (Å²) in [6.45, 7) is 1.39. The van der Waals surface area contributed by atoms with Gasteiger partial charge in [-0.1, -0.05) is 11.6 Å². The van der Waals surface area contributed by atoms with E-state index in [0.717, 1.165) is 21.5 Å². The van der Waals surface area contributed by atoms with Gasteiger partial charge >= 0.3 is 0 Å². The molecule has 1 aromatic carbocycles. The van der Waals surface area contributed by atoms with Crippen LogP contribution in [-0.2, 0) is 4.74 Å². The molecule has 0 spiro atoms. The highest BCUT2D eigenvalue weighted by molar-refractivity contribution is 9.10. The van der Waals surface area contributed by atoms with E-state index >= 15 is 0 Å². The summed E-state index contributed by atoms with van der Waals surface area (Å²) >= 11 is 9.32. The number of hydrogen-bond donors (Lipinski definition) is 0. The quantitative estimate of drug-likeness (QED) is 0.807. The van der Waals surface area contributed by atoms with Gasteiger partial charge in [-0.2, -0.15) is 0 Å². The van der Waals surface area contributed by atoms with E-state index in [2.05, 4.69) is 20.9 Å². The number of oxazole rings is 1. The Labute approximate surface area is 99.5 Å². The van der Waals surface area contributed by atoms with Crippen molar-refractivity contribution in [2.24, 2.45) is 0 Å². The molecule has 3 nitrogen and oxygen atoms in total. The van der Waals surface area contributed by atoms with E-state index in [0.29, 0.717) is 24.2 Å². The van der Waals surface area contributed by atoms with E-state index in [1.807, 2.05) is 6.07 Å². The zero-order chi connectivity index (χ0) is 10.4. The molecule has 3 rings (SSSR count). The predicted octanol–water partition coefficient (Wildman–Crippen LogP) is 3.36. The van der Waals surface area contributed by atoms with Gasteiger partial charge in [0.1, 0.15) is 5.52 Å². The van der Waals surface area contributed by atoms with E-state index in [-0.39, 0.29) is 0 Å². The first-order valence-electron chi connectivity index (χ1n) is 4.57. The number of ether oxygens (including phenoxy) is 1. The van der Waals surface area contributed by atoms with Crippen LogP contribution in [-0.4, -0.2) is 18.2 Å². The monoisotopic (exact) mass is 287 g/mol. The molecule has 1 fully saturated rings. The van der Waals surface area contributed by atoms with Gasteiger partial charge in [-0.3, -0.25) is 0 Å². The van der Waals surface area contributed by atoms with Crippen molar-refractivity contribution in [3.8, 4) is 0 Å². The van der Waals surface area contributed by atoms with Crippen molar-refractivity contribution < 1.29 is 9.15 Å². The Hall–Kier alpha value is -0.580. The molecule has 0 aliphatic carbocycles. The Morgan fingerprint density at radius 2 is 2.20 bits per heavy atom. The van der Waals surface area contributed by atoms with Crippen molar-refractivity contribution in [2.45, 2.75) is 5.92 Å². The molecule has 1 aromatic heterocycles. The van der Waals surface area contributed by atoms with Crippen molar-refractivity contribution in [3.63, 3.8) is 0 Å². The van der Waals surface area contributed by atoms with E-state index in [1.54, 1.807) is 6.07 Å². The first kappa shape index (κ1) is 9.63. The number of rotatable bonds is 1. The molecule has 0 radical (unpaired) electrons. The Kier molecular flexibility index (Phi) is 2.23. The summed E-state index contributed by atoms with van der Waals surface area (Å²) in [6.07, 6.45) is 0. The maximum absolute atomic E-state index is 5.97. The van der Waals surface area contributed by atoms with Crippen molar-refractivity contribution in [2.75, 3.05) is 13.2 Å². The zero-order valence-electron chi connectivity index (χ0n) is 7.67. The minimum atomic E-state index is 0.301. The molecule has 2 aromatic rings. The van der Waals surface area contributed by atoms with Gasteiger partial charge in [-0.05, 0) is 28.1 Å². The highest BCUT2D eigenvalue weighted by atomic mass is 79.9. The van der Waals surface area contributed by atoms with Gasteiger partial charge in [0.05, 0.1) is 24.2 Å². The van der Waals surface area contributed by atoms with Crippen molar-refractivity contribution >= 4 is 38.6 Å². The lowest BCUT2D eigenvalue weighted by Gasteiger charge is -2.22. The molecule has 1 aliphatic rings. The number of benzene rings is 1. The van der Waals surface area contributed by atoms with E-state index < -0.39 is 0 Å². The third kappa shape index (κ3) is 1.57. The minimum absolute atomic E-state index is 0.301. The van der Waals surface area contributed by atoms with Gasteiger partial charge in [0.2, 0.25) is 5.89 Å². The lowest BCUT2D eigenvalue weighted by molar-refractivity contribution is -0.00172. The summed E-state index contributed by atoms with van der Waals surface area (Å²) in [6, 6.07) is 3.64. The highest BCUT2D eigenvalue weighted by Crippen LogP contribution is 2.31. The number of halogens is 2. The van der Waals surface area contributed by atoms with Gasteiger partial charge in [-0.25, -0.2) is 4.98 Å². The predicted molar refractivity (Wildman–Crippen MR) is 60.3 cm³/mol. The number of aromatic nitrogens is 1. The molecule has 0 atom stereocenters. The molecule has 1 aliphatic heterocycles. The molecule has 0 bridgehead atoms. The summed E-state index contributed by atoms with van der Waals surface area (Å²) in [7, 11) is 0. The van der Waals surface area contributed by atoms with Gasteiger partial charge in [-0.15, -0.1) is 0 Å². The summed E-state index contributed by atoms with van der Waals surface area (Å²) in [5.74, 6) is 1.04. The molecule has 0 amide bonds. The van der Waals surface area contributed by atoms with Crippen LogP contribution in [0.25, 0.3) is 11.1 Å². The number of fused-ring (bicyclic) bond motifs is 1. The standard InChI is InChI=1S/C10H7BrClNO2/c11-6-1-9-8(2-7(6)12)13-10(15-9)5-3-14-4-5/h1-2,5H,3-4H2. The molecule has 5 heteroatoms. The summed E-state index contributed by atoms with van der Waals surface area (Å²) in [5.41, 5.74) is 1.55. The molecular weight excluding hydrogens is 281 g/mol. The van der Waals surface area contributed by atoms with Crippen molar-refractivity contribution in [1.29, 1.82) is 0 Å². The molecule has 0 unspecified atom stereocenters. The van der Waals surface area contributed by atoms with Crippen LogP contribution in [0.3, 0.4) is 0 Å². The molecular formula is C10H7BrClNO2. The van der Waals surface area contributed by atoms with Crippen LogP contribution >= 0.6 is 27.5 Å². The lowest BCUT2D eigenvalue weighted by atomic mass is 10.1. The van der Waals surface area contributed by atoms with Crippen LogP contribution in [0.5, 0.6) is 0 Å². The van der Waals surface area contributed by atoms with Crippen LogP contribution in [0.2, 0.25) is 5.02 Å². The first-order chi connectivity index (χ1) is 7.24. The fraction of sp³-hybridized carbons (Fsp3) is 0.300. The van der Waals surface area contributed by atoms with E-state index in [9.17, 15) is 0 Å².